The van der Waals surface area contributed by atoms with Gasteiger partial charge < -0.3 is 30.9 Å². The van der Waals surface area contributed by atoms with E-state index in [4.69, 9.17) is 11.2 Å². The number of amides is 1. The highest BCUT2D eigenvalue weighted by Crippen LogP contribution is 2.36. The quantitative estimate of drug-likeness (QED) is 0.234. The second-order valence-electron chi connectivity index (χ2n) is 8.23. The van der Waals surface area contributed by atoms with Crippen LogP contribution in [-0.2, 0) is 4.79 Å². The second kappa shape index (κ2) is 12.2. The molecule has 0 aliphatic rings. The standard InChI is InChI=1S/C27H31N7O2/c1-7-19-10-9-11-20(14-19)30-25-12-13-28-27(33-25)32-23-15-22(31-26(35)8-2)21(16-24(23)36-6)29-17-18(3)34(4)5/h1,8-16,18,29H,2,17H2,3-6H3,(H,31,35)(H2,28,30,32,33). The lowest BCUT2D eigenvalue weighted by atomic mass is 10.2. The van der Waals surface area contributed by atoms with Crippen LogP contribution in [0.25, 0.3) is 0 Å². The molecule has 1 amide bonds. The van der Waals surface area contributed by atoms with E-state index in [0.29, 0.717) is 41.1 Å². The van der Waals surface area contributed by atoms with Crippen LogP contribution in [0.2, 0.25) is 0 Å². The van der Waals surface area contributed by atoms with Gasteiger partial charge in [0.15, 0.2) is 0 Å². The largest absolute Gasteiger partial charge is 0.494 e. The topological polar surface area (TPSA) is 103 Å². The molecule has 9 heteroatoms. The van der Waals surface area contributed by atoms with E-state index in [-0.39, 0.29) is 11.9 Å². The normalized spacial score (nSPS) is 11.2. The number of hydrogen-bond acceptors (Lipinski definition) is 8. The molecule has 1 aromatic heterocycles. The van der Waals surface area contributed by atoms with Crippen molar-refractivity contribution in [1.82, 2.24) is 14.9 Å². The van der Waals surface area contributed by atoms with Gasteiger partial charge >= 0.3 is 0 Å². The number of ether oxygens (including phenoxy) is 1. The van der Waals surface area contributed by atoms with Crippen molar-refractivity contribution in [2.75, 3.05) is 49.0 Å². The maximum atomic E-state index is 12.1. The number of nitrogens with one attached hydrogen (secondary N) is 4. The molecule has 0 saturated heterocycles. The molecule has 3 rings (SSSR count). The Kier molecular flexibility index (Phi) is 8.86. The van der Waals surface area contributed by atoms with Crippen molar-refractivity contribution < 1.29 is 9.53 Å². The Bertz CT molecular complexity index is 1270. The Morgan fingerprint density at radius 1 is 1.19 bits per heavy atom. The van der Waals surface area contributed by atoms with Gasteiger partial charge in [0, 0.05) is 36.1 Å². The Balaban J connectivity index is 1.88. The zero-order valence-corrected chi connectivity index (χ0v) is 20.9. The Hall–Kier alpha value is -4.55. The third-order valence-corrected chi connectivity index (χ3v) is 5.46. The molecule has 3 aromatic rings. The van der Waals surface area contributed by atoms with Crippen LogP contribution in [0.5, 0.6) is 5.75 Å². The zero-order chi connectivity index (χ0) is 26.1. The number of rotatable bonds is 11. The number of terminal acetylenes is 1. The zero-order valence-electron chi connectivity index (χ0n) is 20.9. The van der Waals surface area contributed by atoms with Gasteiger partial charge in [-0.15, -0.1) is 6.42 Å². The number of carbonyl (C=O) groups is 1. The van der Waals surface area contributed by atoms with Gasteiger partial charge in [0.05, 0.1) is 24.2 Å². The van der Waals surface area contributed by atoms with E-state index < -0.39 is 0 Å². The van der Waals surface area contributed by atoms with Crippen molar-refractivity contribution in [3.8, 4) is 18.1 Å². The van der Waals surface area contributed by atoms with Crippen molar-refractivity contribution in [1.29, 1.82) is 0 Å². The number of anilines is 6. The van der Waals surface area contributed by atoms with Crippen LogP contribution in [0.15, 0.2) is 61.3 Å². The number of hydrogen-bond donors (Lipinski definition) is 4. The first-order valence-electron chi connectivity index (χ1n) is 11.3. The molecule has 9 nitrogen and oxygen atoms in total. The van der Waals surface area contributed by atoms with Crippen LogP contribution in [0.1, 0.15) is 12.5 Å². The number of carbonyl (C=O) groups excluding carboxylic acids is 1. The molecule has 0 spiro atoms. The van der Waals surface area contributed by atoms with Gasteiger partial charge in [0.1, 0.15) is 11.6 Å². The summed E-state index contributed by atoms with van der Waals surface area (Å²) in [5.74, 6) is 3.76. The number of methoxy groups -OCH3 is 1. The average Bonchev–Trinajstić information content (AvgIpc) is 2.88. The van der Waals surface area contributed by atoms with Crippen molar-refractivity contribution >= 4 is 40.4 Å². The van der Waals surface area contributed by atoms with E-state index in [9.17, 15) is 4.79 Å². The van der Waals surface area contributed by atoms with Gasteiger partial charge in [-0.05, 0) is 57.4 Å². The predicted molar refractivity (Wildman–Crippen MR) is 146 cm³/mol. The molecule has 0 bridgehead atoms. The summed E-state index contributed by atoms with van der Waals surface area (Å²) in [7, 11) is 5.59. The monoisotopic (exact) mass is 485 g/mol. The summed E-state index contributed by atoms with van der Waals surface area (Å²) in [6.07, 6.45) is 8.35. The molecule has 0 saturated carbocycles. The van der Waals surface area contributed by atoms with Crippen molar-refractivity contribution in [3.05, 3.63) is 66.9 Å². The van der Waals surface area contributed by atoms with Crippen LogP contribution in [0, 0.1) is 12.3 Å². The smallest absolute Gasteiger partial charge is 0.247 e. The van der Waals surface area contributed by atoms with Crippen LogP contribution in [0.3, 0.4) is 0 Å². The van der Waals surface area contributed by atoms with E-state index in [1.807, 2.05) is 44.4 Å². The first-order chi connectivity index (χ1) is 17.3. The maximum Gasteiger partial charge on any atom is 0.247 e. The molecule has 1 heterocycles. The van der Waals surface area contributed by atoms with Gasteiger partial charge in [-0.2, -0.15) is 4.98 Å². The Morgan fingerprint density at radius 3 is 2.69 bits per heavy atom. The van der Waals surface area contributed by atoms with Crippen LogP contribution >= 0.6 is 0 Å². The van der Waals surface area contributed by atoms with Gasteiger partial charge in [-0.1, -0.05) is 18.6 Å². The molecule has 1 atom stereocenters. The molecule has 0 fully saturated rings. The molecule has 36 heavy (non-hydrogen) atoms. The molecule has 2 aromatic carbocycles. The lowest BCUT2D eigenvalue weighted by Gasteiger charge is -2.23. The molecule has 1 unspecified atom stereocenters. The summed E-state index contributed by atoms with van der Waals surface area (Å²) in [5.41, 5.74) is 3.43. The number of nitrogens with zero attached hydrogens (tertiary/aromatic N) is 3. The molecule has 0 radical (unpaired) electrons. The van der Waals surface area contributed by atoms with Crippen molar-refractivity contribution in [2.45, 2.75) is 13.0 Å². The maximum absolute atomic E-state index is 12.1. The highest BCUT2D eigenvalue weighted by molar-refractivity contribution is 6.02. The molecule has 186 valence electrons. The third kappa shape index (κ3) is 6.98. The van der Waals surface area contributed by atoms with E-state index in [1.54, 1.807) is 25.4 Å². The Morgan fingerprint density at radius 2 is 2.00 bits per heavy atom. The summed E-state index contributed by atoms with van der Waals surface area (Å²) in [6.45, 7) is 6.31. The molecule has 0 aliphatic heterocycles. The number of likely N-dealkylation sites (N-methyl/N-ethyl adjacent to an activating group) is 1. The van der Waals surface area contributed by atoms with Gasteiger partial charge in [0.25, 0.3) is 0 Å². The fourth-order valence-electron chi connectivity index (χ4n) is 3.16. The van der Waals surface area contributed by atoms with E-state index in [1.165, 1.54) is 6.08 Å². The van der Waals surface area contributed by atoms with E-state index >= 15 is 0 Å². The highest BCUT2D eigenvalue weighted by atomic mass is 16.5. The summed E-state index contributed by atoms with van der Waals surface area (Å²) in [6, 6.07) is 13.1. The fourth-order valence-corrected chi connectivity index (χ4v) is 3.16. The predicted octanol–water partition coefficient (Wildman–Crippen LogP) is 4.44. The van der Waals surface area contributed by atoms with Crippen LogP contribution in [-0.4, -0.2) is 54.6 Å². The molecule has 4 N–H and O–H groups in total. The second-order valence-corrected chi connectivity index (χ2v) is 8.23. The SMILES string of the molecule is C#Cc1cccc(Nc2ccnc(Nc3cc(NC(=O)C=C)c(NCC(C)N(C)C)cc3OC)n2)c1. The minimum absolute atomic E-state index is 0.265. The van der Waals surface area contributed by atoms with Crippen molar-refractivity contribution in [3.63, 3.8) is 0 Å². The highest BCUT2D eigenvalue weighted by Gasteiger charge is 2.15. The van der Waals surface area contributed by atoms with E-state index in [2.05, 4.69) is 55.6 Å². The lowest BCUT2D eigenvalue weighted by Crippen LogP contribution is -2.31. The molecular formula is C27H31N7O2. The van der Waals surface area contributed by atoms with Gasteiger partial charge in [-0.25, -0.2) is 4.98 Å². The summed E-state index contributed by atoms with van der Waals surface area (Å²) in [4.78, 5) is 23.1. The van der Waals surface area contributed by atoms with Crippen LogP contribution in [0.4, 0.5) is 34.5 Å². The minimum atomic E-state index is -0.327. The summed E-state index contributed by atoms with van der Waals surface area (Å²) < 4.78 is 5.61. The average molecular weight is 486 g/mol. The summed E-state index contributed by atoms with van der Waals surface area (Å²) in [5, 5.41) is 12.6. The van der Waals surface area contributed by atoms with Gasteiger partial charge in [-0.3, -0.25) is 4.79 Å². The minimum Gasteiger partial charge on any atom is -0.494 e. The third-order valence-electron chi connectivity index (χ3n) is 5.46. The van der Waals surface area contributed by atoms with Crippen LogP contribution < -0.4 is 26.0 Å². The van der Waals surface area contributed by atoms with Crippen molar-refractivity contribution in [2.24, 2.45) is 0 Å². The lowest BCUT2D eigenvalue weighted by molar-refractivity contribution is -0.111. The number of aromatic nitrogens is 2. The number of benzene rings is 2. The van der Waals surface area contributed by atoms with E-state index in [0.717, 1.165) is 11.3 Å². The fraction of sp³-hybridized carbons (Fsp3) is 0.222. The van der Waals surface area contributed by atoms with Gasteiger partial charge in [0.2, 0.25) is 11.9 Å². The molecule has 0 aliphatic carbocycles. The Labute approximate surface area is 212 Å². The summed E-state index contributed by atoms with van der Waals surface area (Å²) >= 11 is 0. The first-order valence-corrected chi connectivity index (χ1v) is 11.3. The molecular weight excluding hydrogens is 454 g/mol. The first kappa shape index (κ1) is 26.1.